The van der Waals surface area contributed by atoms with Crippen LogP contribution in [0.1, 0.15) is 38.7 Å². The van der Waals surface area contributed by atoms with E-state index in [9.17, 15) is 14.7 Å². The fraction of sp³-hybridized carbons (Fsp3) is 0.556. The van der Waals surface area contributed by atoms with Crippen LogP contribution >= 0.6 is 0 Å². The van der Waals surface area contributed by atoms with Gasteiger partial charge >= 0.3 is 5.97 Å². The maximum atomic E-state index is 12.8. The molecule has 5 nitrogen and oxygen atoms in total. The molecule has 3 unspecified atom stereocenters. The third kappa shape index (κ3) is 4.03. The zero-order valence-corrected chi connectivity index (χ0v) is 14.0. The smallest absolute Gasteiger partial charge is 0.308 e. The van der Waals surface area contributed by atoms with Crippen molar-refractivity contribution in [3.63, 3.8) is 0 Å². The highest BCUT2D eigenvalue weighted by molar-refractivity contribution is 5.82. The number of para-hydroxylation sites is 1. The predicted octanol–water partition coefficient (Wildman–Crippen LogP) is 2.86. The number of hydrogen-bond acceptors (Lipinski definition) is 3. The number of carboxylic acids is 1. The monoisotopic (exact) mass is 319 g/mol. The molecule has 0 aromatic heterocycles. The van der Waals surface area contributed by atoms with Crippen molar-refractivity contribution in [2.45, 2.75) is 52.2 Å². The Hall–Kier alpha value is -2.04. The molecule has 2 rings (SSSR count). The van der Waals surface area contributed by atoms with Crippen molar-refractivity contribution in [2.75, 3.05) is 6.54 Å². The van der Waals surface area contributed by atoms with E-state index in [0.717, 1.165) is 5.56 Å². The normalized spacial score (nSPS) is 22.5. The summed E-state index contributed by atoms with van der Waals surface area (Å²) >= 11 is 0. The summed E-state index contributed by atoms with van der Waals surface area (Å²) in [6.45, 7) is 6.08. The van der Waals surface area contributed by atoms with Crippen molar-refractivity contribution in [1.82, 2.24) is 4.90 Å². The van der Waals surface area contributed by atoms with Gasteiger partial charge in [-0.1, -0.05) is 25.1 Å². The number of nitrogens with zero attached hydrogens (tertiary/aromatic N) is 1. The van der Waals surface area contributed by atoms with Crippen LogP contribution in [0.5, 0.6) is 5.75 Å². The quantitative estimate of drug-likeness (QED) is 0.906. The fourth-order valence-electron chi connectivity index (χ4n) is 2.95. The predicted molar refractivity (Wildman–Crippen MR) is 87.4 cm³/mol. The summed E-state index contributed by atoms with van der Waals surface area (Å²) in [6, 6.07) is 7.65. The molecule has 1 aliphatic rings. The third-order valence-electron chi connectivity index (χ3n) is 4.52. The number of rotatable bonds is 5. The zero-order chi connectivity index (χ0) is 17.0. The molecule has 0 spiro atoms. The minimum absolute atomic E-state index is 0.0487. The molecule has 0 saturated carbocycles. The van der Waals surface area contributed by atoms with Gasteiger partial charge in [0, 0.05) is 12.6 Å². The first-order chi connectivity index (χ1) is 10.9. The molecule has 1 saturated heterocycles. The average Bonchev–Trinajstić information content (AvgIpc) is 2.53. The minimum atomic E-state index is -0.831. The van der Waals surface area contributed by atoms with Gasteiger partial charge in [0.15, 0.2) is 6.10 Å². The molecule has 23 heavy (non-hydrogen) atoms. The van der Waals surface area contributed by atoms with Crippen molar-refractivity contribution in [2.24, 2.45) is 5.92 Å². The van der Waals surface area contributed by atoms with Gasteiger partial charge in [0.1, 0.15) is 5.75 Å². The van der Waals surface area contributed by atoms with Gasteiger partial charge in [-0.2, -0.15) is 0 Å². The van der Waals surface area contributed by atoms with Crippen LogP contribution in [-0.2, 0) is 9.59 Å². The largest absolute Gasteiger partial charge is 0.481 e. The van der Waals surface area contributed by atoms with Gasteiger partial charge in [-0.3, -0.25) is 9.59 Å². The first-order valence-electron chi connectivity index (χ1n) is 8.19. The molecule has 1 N–H and O–H groups in total. The van der Waals surface area contributed by atoms with Gasteiger partial charge in [-0.25, -0.2) is 0 Å². The third-order valence-corrected chi connectivity index (χ3v) is 4.52. The van der Waals surface area contributed by atoms with Crippen molar-refractivity contribution >= 4 is 11.9 Å². The number of piperidine rings is 1. The second kappa shape index (κ2) is 7.49. The number of ether oxygens (including phenoxy) is 1. The number of benzene rings is 1. The maximum Gasteiger partial charge on any atom is 0.308 e. The Bertz CT molecular complexity index is 572. The summed E-state index contributed by atoms with van der Waals surface area (Å²) in [5.41, 5.74) is 0.980. The number of carbonyl (C=O) groups excluding carboxylic acids is 1. The number of amides is 1. The van der Waals surface area contributed by atoms with Crippen molar-refractivity contribution in [3.8, 4) is 5.75 Å². The standard InChI is InChI=1S/C18H25NO4/c1-4-15(23-16-8-6-5-7-12(16)2)17(20)19-11-14(18(21)22)10-9-13(19)3/h5-8,13-15H,4,9-11H2,1-3H3,(H,21,22). The molecule has 1 fully saturated rings. The van der Waals surface area contributed by atoms with E-state index in [-0.39, 0.29) is 18.5 Å². The van der Waals surface area contributed by atoms with Gasteiger partial charge in [0.25, 0.3) is 5.91 Å². The summed E-state index contributed by atoms with van der Waals surface area (Å²) < 4.78 is 5.91. The van der Waals surface area contributed by atoms with Gasteiger partial charge in [-0.05, 0) is 44.7 Å². The van der Waals surface area contributed by atoms with Gasteiger partial charge in [0.05, 0.1) is 5.92 Å². The van der Waals surface area contributed by atoms with Crippen LogP contribution in [0.2, 0.25) is 0 Å². The average molecular weight is 319 g/mol. The summed E-state index contributed by atoms with van der Waals surface area (Å²) in [6.07, 6.45) is 1.30. The van der Waals surface area contributed by atoms with E-state index >= 15 is 0 Å². The number of aryl methyl sites for hydroxylation is 1. The molecule has 1 aliphatic heterocycles. The van der Waals surface area contributed by atoms with Crippen molar-refractivity contribution < 1.29 is 19.4 Å². The summed E-state index contributed by atoms with van der Waals surface area (Å²) in [5.74, 6) is -0.727. The summed E-state index contributed by atoms with van der Waals surface area (Å²) in [7, 11) is 0. The van der Waals surface area contributed by atoms with Gasteiger partial charge in [-0.15, -0.1) is 0 Å². The second-order valence-corrected chi connectivity index (χ2v) is 6.23. The number of aliphatic carboxylic acids is 1. The molecular formula is C18H25NO4. The maximum absolute atomic E-state index is 12.8. The summed E-state index contributed by atoms with van der Waals surface area (Å²) in [5, 5.41) is 9.22. The first kappa shape index (κ1) is 17.3. The molecule has 3 atom stereocenters. The highest BCUT2D eigenvalue weighted by atomic mass is 16.5. The first-order valence-corrected chi connectivity index (χ1v) is 8.19. The number of likely N-dealkylation sites (tertiary alicyclic amines) is 1. The Labute approximate surface area is 137 Å². The Balaban J connectivity index is 2.12. The van der Waals surface area contributed by atoms with Gasteiger partial charge < -0.3 is 14.7 Å². The van der Waals surface area contributed by atoms with Crippen LogP contribution in [0.25, 0.3) is 0 Å². The second-order valence-electron chi connectivity index (χ2n) is 6.23. The zero-order valence-electron chi connectivity index (χ0n) is 14.0. The van der Waals surface area contributed by atoms with E-state index in [0.29, 0.717) is 25.0 Å². The Morgan fingerprint density at radius 3 is 2.65 bits per heavy atom. The minimum Gasteiger partial charge on any atom is -0.481 e. The molecule has 1 amide bonds. The van der Waals surface area contributed by atoms with Crippen LogP contribution in [-0.4, -0.2) is 40.6 Å². The molecule has 1 aromatic rings. The molecule has 1 heterocycles. The van der Waals surface area contributed by atoms with E-state index in [4.69, 9.17) is 4.74 Å². The van der Waals surface area contributed by atoms with Crippen LogP contribution in [0.3, 0.4) is 0 Å². The number of hydrogen-bond donors (Lipinski definition) is 1. The highest BCUT2D eigenvalue weighted by Crippen LogP contribution is 2.25. The Kier molecular flexibility index (Phi) is 5.64. The molecule has 5 heteroatoms. The SMILES string of the molecule is CCC(Oc1ccccc1C)C(=O)N1CC(C(=O)O)CCC1C. The number of carbonyl (C=O) groups is 2. The molecular weight excluding hydrogens is 294 g/mol. The molecule has 0 aliphatic carbocycles. The van der Waals surface area contributed by atoms with Crippen molar-refractivity contribution in [3.05, 3.63) is 29.8 Å². The highest BCUT2D eigenvalue weighted by Gasteiger charge is 2.35. The van der Waals surface area contributed by atoms with E-state index in [1.54, 1.807) is 4.90 Å². The molecule has 0 radical (unpaired) electrons. The molecule has 0 bridgehead atoms. The lowest BCUT2D eigenvalue weighted by molar-refractivity contribution is -0.150. The van der Waals surface area contributed by atoms with E-state index in [1.807, 2.05) is 45.0 Å². The Morgan fingerprint density at radius 1 is 1.35 bits per heavy atom. The Morgan fingerprint density at radius 2 is 2.04 bits per heavy atom. The lowest BCUT2D eigenvalue weighted by atomic mass is 9.93. The topological polar surface area (TPSA) is 66.8 Å². The lowest BCUT2D eigenvalue weighted by Gasteiger charge is -2.38. The van der Waals surface area contributed by atoms with Crippen LogP contribution < -0.4 is 4.74 Å². The molecule has 126 valence electrons. The van der Waals surface area contributed by atoms with Gasteiger partial charge in [0.2, 0.25) is 0 Å². The van der Waals surface area contributed by atoms with E-state index in [1.165, 1.54) is 0 Å². The lowest BCUT2D eigenvalue weighted by Crippen LogP contribution is -2.52. The van der Waals surface area contributed by atoms with Crippen LogP contribution in [0, 0.1) is 12.8 Å². The van der Waals surface area contributed by atoms with Crippen LogP contribution in [0.15, 0.2) is 24.3 Å². The van der Waals surface area contributed by atoms with Crippen LogP contribution in [0.4, 0.5) is 0 Å². The number of carboxylic acid groups (broad SMARTS) is 1. The van der Waals surface area contributed by atoms with E-state index < -0.39 is 18.0 Å². The van der Waals surface area contributed by atoms with E-state index in [2.05, 4.69) is 0 Å². The summed E-state index contributed by atoms with van der Waals surface area (Å²) in [4.78, 5) is 25.7. The van der Waals surface area contributed by atoms with Crippen molar-refractivity contribution in [1.29, 1.82) is 0 Å². The molecule has 1 aromatic carbocycles. The fourth-order valence-corrected chi connectivity index (χ4v) is 2.95.